The van der Waals surface area contributed by atoms with Crippen molar-refractivity contribution in [1.29, 1.82) is 0 Å². The Balaban J connectivity index is 1.35. The predicted molar refractivity (Wildman–Crippen MR) is 117 cm³/mol. The van der Waals surface area contributed by atoms with Crippen LogP contribution in [0.2, 0.25) is 0 Å². The molecular weight excluding hydrogens is 400 g/mol. The third kappa shape index (κ3) is 6.59. The highest BCUT2D eigenvalue weighted by atomic mass is 16.5. The molecule has 0 spiro atoms. The van der Waals surface area contributed by atoms with Gasteiger partial charge >= 0.3 is 12.1 Å². The highest BCUT2D eigenvalue weighted by Gasteiger charge is 2.21. The molecular formula is C21H26N6O4. The van der Waals surface area contributed by atoms with Crippen LogP contribution in [0, 0.1) is 0 Å². The molecule has 1 saturated heterocycles. The molecule has 164 valence electrons. The van der Waals surface area contributed by atoms with Crippen LogP contribution in [0.4, 0.5) is 26.8 Å². The zero-order valence-corrected chi connectivity index (χ0v) is 17.3. The number of carbonyl (C=O) groups excluding carboxylic acids is 3. The predicted octanol–water partition coefficient (Wildman–Crippen LogP) is 2.12. The molecule has 0 aliphatic carbocycles. The average Bonchev–Trinajstić information content (AvgIpc) is 2.81. The van der Waals surface area contributed by atoms with Crippen molar-refractivity contribution in [2.24, 2.45) is 0 Å². The Kier molecular flexibility index (Phi) is 7.63. The monoisotopic (exact) mass is 426 g/mol. The summed E-state index contributed by atoms with van der Waals surface area (Å²) in [5.74, 6) is 0.932. The first-order chi connectivity index (χ1) is 15.0. The molecule has 31 heavy (non-hydrogen) atoms. The van der Waals surface area contributed by atoms with E-state index >= 15 is 0 Å². The number of nitrogens with one attached hydrogen (secondary N) is 3. The van der Waals surface area contributed by atoms with E-state index in [2.05, 4.69) is 30.6 Å². The van der Waals surface area contributed by atoms with Crippen LogP contribution in [0.3, 0.4) is 0 Å². The minimum Gasteiger partial charge on any atom is -0.453 e. The number of urea groups is 1. The Morgan fingerprint density at radius 2 is 1.65 bits per heavy atom. The lowest BCUT2D eigenvalue weighted by Gasteiger charge is -2.35. The Bertz CT molecular complexity index is 883. The lowest BCUT2D eigenvalue weighted by Crippen LogP contribution is -2.49. The number of pyridine rings is 1. The third-order valence-electron chi connectivity index (χ3n) is 4.80. The first kappa shape index (κ1) is 21.9. The zero-order valence-electron chi connectivity index (χ0n) is 17.3. The summed E-state index contributed by atoms with van der Waals surface area (Å²) in [4.78, 5) is 43.9. The van der Waals surface area contributed by atoms with Crippen LogP contribution in [-0.2, 0) is 9.53 Å². The van der Waals surface area contributed by atoms with Gasteiger partial charge in [0.25, 0.3) is 0 Å². The smallest absolute Gasteiger partial charge is 0.411 e. The van der Waals surface area contributed by atoms with Crippen LogP contribution in [0.1, 0.15) is 6.42 Å². The number of ether oxygens (including phenoxy) is 1. The highest BCUT2D eigenvalue weighted by molar-refractivity contribution is 5.90. The summed E-state index contributed by atoms with van der Waals surface area (Å²) in [6.07, 6.45) is 1.43. The molecule has 2 heterocycles. The number of aromatic nitrogens is 1. The molecule has 10 heteroatoms. The van der Waals surface area contributed by atoms with Gasteiger partial charge in [-0.05, 0) is 36.4 Å². The van der Waals surface area contributed by atoms with Crippen molar-refractivity contribution in [3.63, 3.8) is 0 Å². The number of benzene rings is 1. The van der Waals surface area contributed by atoms with Crippen LogP contribution in [0.15, 0.2) is 48.7 Å². The number of carbonyl (C=O) groups is 3. The number of methoxy groups -OCH3 is 1. The second-order valence-corrected chi connectivity index (χ2v) is 6.88. The van der Waals surface area contributed by atoms with Crippen LogP contribution in [0.5, 0.6) is 0 Å². The van der Waals surface area contributed by atoms with Gasteiger partial charge in [0.15, 0.2) is 0 Å². The molecule has 3 rings (SSSR count). The normalized spacial score (nSPS) is 13.3. The van der Waals surface area contributed by atoms with Gasteiger partial charge in [-0.1, -0.05) is 6.07 Å². The maximum Gasteiger partial charge on any atom is 0.411 e. The summed E-state index contributed by atoms with van der Waals surface area (Å²) in [6.45, 7) is 2.98. The van der Waals surface area contributed by atoms with Crippen molar-refractivity contribution in [2.45, 2.75) is 6.42 Å². The van der Waals surface area contributed by atoms with Gasteiger partial charge in [-0.2, -0.15) is 0 Å². The van der Waals surface area contributed by atoms with Crippen molar-refractivity contribution in [3.8, 4) is 0 Å². The summed E-state index contributed by atoms with van der Waals surface area (Å²) >= 11 is 0. The molecule has 0 radical (unpaired) electrons. The zero-order chi connectivity index (χ0) is 22.1. The molecule has 3 N–H and O–H groups in total. The van der Waals surface area contributed by atoms with Gasteiger partial charge < -0.3 is 25.2 Å². The molecule has 0 saturated carbocycles. The summed E-state index contributed by atoms with van der Waals surface area (Å²) in [5.41, 5.74) is 1.11. The molecule has 1 aromatic heterocycles. The molecule has 0 unspecified atom stereocenters. The summed E-state index contributed by atoms with van der Waals surface area (Å²) in [7, 11) is 1.28. The van der Waals surface area contributed by atoms with E-state index in [1.807, 2.05) is 23.1 Å². The van der Waals surface area contributed by atoms with Crippen molar-refractivity contribution >= 4 is 35.2 Å². The van der Waals surface area contributed by atoms with E-state index in [0.717, 1.165) is 18.9 Å². The lowest BCUT2D eigenvalue weighted by molar-refractivity contribution is -0.131. The highest BCUT2D eigenvalue weighted by Crippen LogP contribution is 2.14. The van der Waals surface area contributed by atoms with Crippen LogP contribution < -0.4 is 20.9 Å². The molecule has 2 aromatic rings. The SMILES string of the molecule is COC(=O)Nc1ccc(NC(=O)NCCC(=O)N2CCN(c3ccccn3)CC2)cc1. The number of nitrogens with zero attached hydrogens (tertiary/aromatic N) is 3. The average molecular weight is 426 g/mol. The van der Waals surface area contributed by atoms with Crippen molar-refractivity contribution in [1.82, 2.24) is 15.2 Å². The molecule has 0 bridgehead atoms. The summed E-state index contributed by atoms with van der Waals surface area (Å²) < 4.78 is 4.52. The fourth-order valence-electron chi connectivity index (χ4n) is 3.15. The number of piperazine rings is 1. The van der Waals surface area contributed by atoms with E-state index in [1.165, 1.54) is 7.11 Å². The third-order valence-corrected chi connectivity index (χ3v) is 4.80. The van der Waals surface area contributed by atoms with E-state index in [-0.39, 0.29) is 18.9 Å². The number of hydrogen-bond acceptors (Lipinski definition) is 6. The second kappa shape index (κ2) is 10.8. The Morgan fingerprint density at radius 1 is 0.968 bits per heavy atom. The van der Waals surface area contributed by atoms with E-state index in [9.17, 15) is 14.4 Å². The molecule has 1 aliphatic heterocycles. The Hall–Kier alpha value is -3.82. The summed E-state index contributed by atoms with van der Waals surface area (Å²) in [5, 5.41) is 7.89. The number of rotatable bonds is 6. The maximum atomic E-state index is 12.4. The number of anilines is 3. The fraction of sp³-hybridized carbons (Fsp3) is 0.333. The molecule has 4 amide bonds. The van der Waals surface area contributed by atoms with Crippen molar-refractivity contribution in [2.75, 3.05) is 55.4 Å². The van der Waals surface area contributed by atoms with E-state index in [4.69, 9.17) is 0 Å². The van der Waals surface area contributed by atoms with E-state index < -0.39 is 12.1 Å². The fourth-order valence-corrected chi connectivity index (χ4v) is 3.15. The van der Waals surface area contributed by atoms with Gasteiger partial charge in [0.05, 0.1) is 7.11 Å². The minimum absolute atomic E-state index is 0.0132. The van der Waals surface area contributed by atoms with Gasteiger partial charge in [-0.25, -0.2) is 14.6 Å². The topological polar surface area (TPSA) is 116 Å². The van der Waals surface area contributed by atoms with Crippen LogP contribution >= 0.6 is 0 Å². The quantitative estimate of drug-likeness (QED) is 0.652. The largest absolute Gasteiger partial charge is 0.453 e. The van der Waals surface area contributed by atoms with Gasteiger partial charge in [0.1, 0.15) is 5.82 Å². The van der Waals surface area contributed by atoms with Crippen LogP contribution in [0.25, 0.3) is 0 Å². The Labute approximate surface area is 180 Å². The number of hydrogen-bond donors (Lipinski definition) is 3. The van der Waals surface area contributed by atoms with E-state index in [0.29, 0.717) is 24.5 Å². The second-order valence-electron chi connectivity index (χ2n) is 6.88. The first-order valence-corrected chi connectivity index (χ1v) is 9.99. The molecule has 0 atom stereocenters. The lowest BCUT2D eigenvalue weighted by atomic mass is 10.2. The Morgan fingerprint density at radius 3 is 2.26 bits per heavy atom. The molecule has 1 aliphatic rings. The molecule has 1 aromatic carbocycles. The molecule has 1 fully saturated rings. The van der Waals surface area contributed by atoms with E-state index in [1.54, 1.807) is 30.5 Å². The molecule has 10 nitrogen and oxygen atoms in total. The minimum atomic E-state index is -0.568. The van der Waals surface area contributed by atoms with Gasteiger partial charge in [-0.15, -0.1) is 0 Å². The standard InChI is InChI=1S/C21H26N6O4/c1-31-21(30)25-17-7-5-16(6-8-17)24-20(29)23-11-9-19(28)27-14-12-26(13-15-27)18-4-2-3-10-22-18/h2-8,10H,9,11-15H2,1H3,(H,25,30)(H2,23,24,29). The number of amides is 4. The maximum absolute atomic E-state index is 12.4. The van der Waals surface area contributed by atoms with Gasteiger partial charge in [0, 0.05) is 56.7 Å². The first-order valence-electron chi connectivity index (χ1n) is 9.99. The van der Waals surface area contributed by atoms with Gasteiger partial charge in [0.2, 0.25) is 5.91 Å². The van der Waals surface area contributed by atoms with Gasteiger partial charge in [-0.3, -0.25) is 10.1 Å². The van der Waals surface area contributed by atoms with Crippen LogP contribution in [-0.4, -0.2) is 67.7 Å². The van der Waals surface area contributed by atoms with Crippen molar-refractivity contribution in [3.05, 3.63) is 48.7 Å². The summed E-state index contributed by atoms with van der Waals surface area (Å²) in [6, 6.07) is 12.0. The van der Waals surface area contributed by atoms with Crippen molar-refractivity contribution < 1.29 is 19.1 Å².